The van der Waals surface area contributed by atoms with Gasteiger partial charge in [0, 0.05) is 5.69 Å². The van der Waals surface area contributed by atoms with Crippen LogP contribution < -0.4 is 4.90 Å². The second-order valence-electron chi connectivity index (χ2n) is 3.45. The van der Waals surface area contributed by atoms with Gasteiger partial charge in [0.1, 0.15) is 12.9 Å². The average molecular weight is 246 g/mol. The van der Waals surface area contributed by atoms with E-state index in [0.717, 1.165) is 4.90 Å². The van der Waals surface area contributed by atoms with E-state index >= 15 is 0 Å². The monoisotopic (exact) mass is 246 g/mol. The molecule has 0 aliphatic heterocycles. The lowest BCUT2D eigenvalue weighted by Crippen LogP contribution is -2.36. The minimum Gasteiger partial charge on any atom is -0.480 e. The number of carboxylic acid groups (broad SMARTS) is 1. The summed E-state index contributed by atoms with van der Waals surface area (Å²) < 4.78 is 0. The van der Waals surface area contributed by atoms with Crippen LogP contribution >= 0.6 is 0 Å². The number of para-hydroxylation sites is 1. The van der Waals surface area contributed by atoms with Gasteiger partial charge in [-0.15, -0.1) is 0 Å². The molecule has 0 radical (unpaired) electrons. The van der Waals surface area contributed by atoms with Crippen molar-refractivity contribution in [2.45, 2.75) is 0 Å². The van der Waals surface area contributed by atoms with Crippen molar-refractivity contribution in [1.29, 1.82) is 0 Å². The van der Waals surface area contributed by atoms with Gasteiger partial charge in [-0.05, 0) is 12.1 Å². The first-order valence-corrected chi connectivity index (χ1v) is 5.12. The molecule has 0 atom stereocenters. The van der Waals surface area contributed by atoms with Crippen LogP contribution in [0, 0.1) is 0 Å². The molecule has 1 aromatic carbocycles. The molecule has 0 bridgehead atoms. The van der Waals surface area contributed by atoms with E-state index in [1.807, 2.05) is 0 Å². The van der Waals surface area contributed by atoms with E-state index < -0.39 is 18.4 Å². The predicted octanol–water partition coefficient (Wildman–Crippen LogP) is 0.536. The maximum absolute atomic E-state index is 12.1. The molecule has 1 amide bonds. The molecular weight excluding hydrogens is 236 g/mol. The first-order valence-electron chi connectivity index (χ1n) is 5.12. The van der Waals surface area contributed by atoms with E-state index in [9.17, 15) is 9.59 Å². The zero-order chi connectivity index (χ0) is 13.0. The third-order valence-corrected chi connectivity index (χ3v) is 2.22. The zero-order valence-corrected chi connectivity index (χ0v) is 9.28. The van der Waals surface area contributed by atoms with Gasteiger partial charge in [-0.3, -0.25) is 19.6 Å². The van der Waals surface area contributed by atoms with Gasteiger partial charge >= 0.3 is 5.97 Å². The third-order valence-electron chi connectivity index (χ3n) is 2.22. The smallest absolute Gasteiger partial charge is 0.323 e. The number of aliphatic carboxylic acids is 1. The number of aromatic amines is 1. The molecule has 0 aliphatic rings. The molecule has 1 aromatic heterocycles. The van der Waals surface area contributed by atoms with Crippen molar-refractivity contribution in [2.24, 2.45) is 0 Å². The highest BCUT2D eigenvalue weighted by atomic mass is 16.4. The van der Waals surface area contributed by atoms with Crippen molar-refractivity contribution >= 4 is 17.6 Å². The standard InChI is InChI=1S/C11H10N4O3/c16-9(17)6-15(8-4-2-1-3-5-8)11(18)10-12-7-13-14-10/h1-5,7H,6H2,(H,16,17)(H,12,13,14). The maximum atomic E-state index is 12.1. The molecule has 1 heterocycles. The predicted molar refractivity (Wildman–Crippen MR) is 62.1 cm³/mol. The Kier molecular flexibility index (Phi) is 3.33. The fourth-order valence-corrected chi connectivity index (χ4v) is 1.46. The highest BCUT2D eigenvalue weighted by molar-refractivity contribution is 6.05. The highest BCUT2D eigenvalue weighted by Gasteiger charge is 2.22. The molecule has 2 rings (SSSR count). The van der Waals surface area contributed by atoms with Gasteiger partial charge in [-0.2, -0.15) is 5.10 Å². The molecule has 18 heavy (non-hydrogen) atoms. The molecule has 7 nitrogen and oxygen atoms in total. The molecule has 0 unspecified atom stereocenters. The Bertz CT molecular complexity index is 539. The van der Waals surface area contributed by atoms with E-state index in [0.29, 0.717) is 5.69 Å². The Morgan fingerprint density at radius 1 is 1.28 bits per heavy atom. The van der Waals surface area contributed by atoms with Gasteiger partial charge in [-0.25, -0.2) is 4.98 Å². The summed E-state index contributed by atoms with van der Waals surface area (Å²) in [6.45, 7) is -0.441. The zero-order valence-electron chi connectivity index (χ0n) is 9.28. The van der Waals surface area contributed by atoms with Crippen LogP contribution in [0.2, 0.25) is 0 Å². The lowest BCUT2D eigenvalue weighted by Gasteiger charge is -2.19. The largest absolute Gasteiger partial charge is 0.480 e. The summed E-state index contributed by atoms with van der Waals surface area (Å²) in [5.74, 6) is -1.65. The van der Waals surface area contributed by atoms with Crippen LogP contribution in [0.25, 0.3) is 0 Å². The van der Waals surface area contributed by atoms with Crippen molar-refractivity contribution in [3.63, 3.8) is 0 Å². The molecule has 0 aliphatic carbocycles. The number of aromatic nitrogens is 3. The minimum atomic E-state index is -1.10. The molecule has 0 saturated heterocycles. The Morgan fingerprint density at radius 3 is 2.56 bits per heavy atom. The minimum absolute atomic E-state index is 0.0000954. The van der Waals surface area contributed by atoms with E-state index in [-0.39, 0.29) is 5.82 Å². The molecule has 0 saturated carbocycles. The second-order valence-corrected chi connectivity index (χ2v) is 3.45. The van der Waals surface area contributed by atoms with Gasteiger partial charge in [0.05, 0.1) is 0 Å². The van der Waals surface area contributed by atoms with E-state index in [2.05, 4.69) is 15.2 Å². The summed E-state index contributed by atoms with van der Waals surface area (Å²) in [6.07, 6.45) is 1.19. The molecule has 92 valence electrons. The fourth-order valence-electron chi connectivity index (χ4n) is 1.46. The SMILES string of the molecule is O=C(O)CN(C(=O)c1ncn[nH]1)c1ccccc1. The summed E-state index contributed by atoms with van der Waals surface area (Å²) in [4.78, 5) is 27.7. The summed E-state index contributed by atoms with van der Waals surface area (Å²) in [5, 5.41) is 14.8. The summed E-state index contributed by atoms with van der Waals surface area (Å²) >= 11 is 0. The van der Waals surface area contributed by atoms with Gasteiger partial charge in [0.25, 0.3) is 5.91 Å². The number of nitrogens with one attached hydrogen (secondary N) is 1. The lowest BCUT2D eigenvalue weighted by atomic mass is 10.2. The number of carbonyl (C=O) groups excluding carboxylic acids is 1. The number of carbonyl (C=O) groups is 2. The number of hydrogen-bond donors (Lipinski definition) is 2. The van der Waals surface area contributed by atoms with E-state index in [4.69, 9.17) is 5.11 Å². The van der Waals surface area contributed by atoms with Crippen LogP contribution in [0.3, 0.4) is 0 Å². The number of carboxylic acids is 1. The maximum Gasteiger partial charge on any atom is 0.323 e. The summed E-state index contributed by atoms with van der Waals surface area (Å²) in [7, 11) is 0. The quantitative estimate of drug-likeness (QED) is 0.820. The lowest BCUT2D eigenvalue weighted by molar-refractivity contribution is -0.135. The number of anilines is 1. The Labute approximate surface area is 102 Å². The third kappa shape index (κ3) is 2.51. The molecule has 0 fully saturated rings. The highest BCUT2D eigenvalue weighted by Crippen LogP contribution is 2.14. The number of amides is 1. The van der Waals surface area contributed by atoms with Crippen LogP contribution in [0.15, 0.2) is 36.7 Å². The van der Waals surface area contributed by atoms with Crippen LogP contribution in [0.5, 0.6) is 0 Å². The Hall–Kier alpha value is -2.70. The molecule has 2 aromatic rings. The molecular formula is C11H10N4O3. The molecule has 0 spiro atoms. The van der Waals surface area contributed by atoms with Crippen LogP contribution in [-0.2, 0) is 4.79 Å². The summed E-state index contributed by atoms with van der Waals surface area (Å²) in [5.41, 5.74) is 0.487. The normalized spacial score (nSPS) is 10.0. The summed E-state index contributed by atoms with van der Waals surface area (Å²) in [6, 6.07) is 8.52. The fraction of sp³-hybridized carbons (Fsp3) is 0.0909. The van der Waals surface area contributed by atoms with E-state index in [1.165, 1.54) is 6.33 Å². The van der Waals surface area contributed by atoms with Gasteiger partial charge < -0.3 is 5.11 Å². The van der Waals surface area contributed by atoms with Crippen molar-refractivity contribution in [3.8, 4) is 0 Å². The van der Waals surface area contributed by atoms with Crippen molar-refractivity contribution in [1.82, 2.24) is 15.2 Å². The van der Waals surface area contributed by atoms with Crippen LogP contribution in [0.1, 0.15) is 10.6 Å². The average Bonchev–Trinajstić information content (AvgIpc) is 2.90. The van der Waals surface area contributed by atoms with Crippen LogP contribution in [-0.4, -0.2) is 38.7 Å². The Morgan fingerprint density at radius 2 is 2.00 bits per heavy atom. The van der Waals surface area contributed by atoms with Crippen LogP contribution in [0.4, 0.5) is 5.69 Å². The van der Waals surface area contributed by atoms with Crippen molar-refractivity contribution in [2.75, 3.05) is 11.4 Å². The number of nitrogens with zero attached hydrogens (tertiary/aromatic N) is 3. The topological polar surface area (TPSA) is 99.2 Å². The number of H-pyrrole nitrogens is 1. The van der Waals surface area contributed by atoms with Gasteiger partial charge in [-0.1, -0.05) is 18.2 Å². The van der Waals surface area contributed by atoms with Gasteiger partial charge in [0.15, 0.2) is 0 Å². The molecule has 2 N–H and O–H groups in total. The number of benzene rings is 1. The van der Waals surface area contributed by atoms with Gasteiger partial charge in [0.2, 0.25) is 5.82 Å². The second kappa shape index (κ2) is 5.09. The Balaban J connectivity index is 2.31. The van der Waals surface area contributed by atoms with E-state index in [1.54, 1.807) is 30.3 Å². The number of hydrogen-bond acceptors (Lipinski definition) is 4. The first kappa shape index (κ1) is 11.8. The van der Waals surface area contributed by atoms with Crippen molar-refractivity contribution < 1.29 is 14.7 Å². The van der Waals surface area contributed by atoms with Crippen molar-refractivity contribution in [3.05, 3.63) is 42.5 Å². The number of rotatable bonds is 4. The molecule has 7 heteroatoms. The first-order chi connectivity index (χ1) is 8.68.